The highest BCUT2D eigenvalue weighted by Gasteiger charge is 2.46. The maximum absolute atomic E-state index is 14.1. The van der Waals surface area contributed by atoms with E-state index in [1.807, 2.05) is 38.1 Å². The number of nitrogens with zero attached hydrogens (tertiary/aromatic N) is 1. The summed E-state index contributed by atoms with van der Waals surface area (Å²) >= 11 is 0. The molecule has 11 nitrogen and oxygen atoms in total. The van der Waals surface area contributed by atoms with E-state index < -0.39 is 43.3 Å². The molecule has 0 bridgehead atoms. The molecule has 1 aromatic carbocycles. The number of aliphatic hydroxyl groups is 3. The van der Waals surface area contributed by atoms with Gasteiger partial charge in [0.25, 0.3) is 0 Å². The summed E-state index contributed by atoms with van der Waals surface area (Å²) in [6, 6.07) is 7.68. The molecule has 5 atom stereocenters. The molecule has 0 radical (unpaired) electrons. The van der Waals surface area contributed by atoms with Crippen molar-refractivity contribution in [1.82, 2.24) is 15.5 Å². The molecule has 1 saturated heterocycles. The van der Waals surface area contributed by atoms with E-state index in [4.69, 9.17) is 15.2 Å². The predicted octanol–water partition coefficient (Wildman–Crippen LogP) is 0.204. The van der Waals surface area contributed by atoms with Crippen LogP contribution in [0.15, 0.2) is 24.3 Å². The van der Waals surface area contributed by atoms with Crippen LogP contribution in [0, 0.1) is 0 Å². The highest BCUT2D eigenvalue weighted by Crippen LogP contribution is 2.31. The molecule has 0 spiro atoms. The van der Waals surface area contributed by atoms with Crippen molar-refractivity contribution in [3.8, 4) is 5.88 Å². The molecule has 2 heterocycles. The van der Waals surface area contributed by atoms with Crippen molar-refractivity contribution in [2.24, 2.45) is 5.73 Å². The van der Waals surface area contributed by atoms with Gasteiger partial charge in [-0.2, -0.15) is 0 Å². The Hall–Kier alpha value is -3.06. The Labute approximate surface area is 214 Å². The van der Waals surface area contributed by atoms with Crippen LogP contribution >= 0.6 is 0 Å². The summed E-state index contributed by atoms with van der Waals surface area (Å²) in [6.45, 7) is 3.49. The largest absolute Gasteiger partial charge is 0.443 e. The van der Waals surface area contributed by atoms with Gasteiger partial charge in [-0.1, -0.05) is 38.1 Å². The monoisotopic (exact) mass is 522 g/mol. The fraction of sp³-hybridized carbons (Fsp3) is 0.560. The van der Waals surface area contributed by atoms with E-state index in [-0.39, 0.29) is 37.1 Å². The molecule has 37 heavy (non-hydrogen) atoms. The quantitative estimate of drug-likeness (QED) is 0.229. The lowest BCUT2D eigenvalue weighted by Crippen LogP contribution is -2.58. The number of ether oxygens (including phenoxy) is 2. The van der Waals surface area contributed by atoms with Crippen LogP contribution in [-0.2, 0) is 27.2 Å². The second-order valence-corrected chi connectivity index (χ2v) is 9.40. The minimum Gasteiger partial charge on any atom is -0.443 e. The number of carbonyl (C=O) groups excluding carboxylic acids is 2. The zero-order valence-electron chi connectivity index (χ0n) is 20.9. The molecule has 2 aromatic rings. The molecule has 1 aliphatic rings. The number of aromatic nitrogens is 2. The Kier molecular flexibility index (Phi) is 9.98. The molecule has 7 N–H and O–H groups in total. The first-order chi connectivity index (χ1) is 17.6. The Morgan fingerprint density at radius 2 is 1.86 bits per heavy atom. The number of primary amides is 1. The molecule has 3 rings (SSSR count). The van der Waals surface area contributed by atoms with Crippen LogP contribution in [-0.4, -0.2) is 81.3 Å². The number of alkyl halides is 1. The van der Waals surface area contributed by atoms with Crippen LogP contribution in [0.5, 0.6) is 5.88 Å². The molecule has 1 fully saturated rings. The smallest absolute Gasteiger partial charge is 0.238 e. The first kappa shape index (κ1) is 28.5. The fourth-order valence-electron chi connectivity index (χ4n) is 4.05. The Morgan fingerprint density at radius 3 is 2.49 bits per heavy atom. The molecular formula is C25H35FN4O7. The van der Waals surface area contributed by atoms with E-state index in [2.05, 4.69) is 15.5 Å². The number of aryl methyl sites for hydroxylation is 1. The van der Waals surface area contributed by atoms with Gasteiger partial charge in [-0.3, -0.25) is 14.7 Å². The average molecular weight is 523 g/mol. The van der Waals surface area contributed by atoms with Gasteiger partial charge >= 0.3 is 0 Å². The highest BCUT2D eigenvalue weighted by atomic mass is 19.1. The summed E-state index contributed by atoms with van der Waals surface area (Å²) in [4.78, 5) is 22.7. The van der Waals surface area contributed by atoms with Crippen molar-refractivity contribution in [1.29, 1.82) is 0 Å². The van der Waals surface area contributed by atoms with E-state index >= 15 is 0 Å². The molecule has 12 heteroatoms. The summed E-state index contributed by atoms with van der Waals surface area (Å²) < 4.78 is 25.2. The van der Waals surface area contributed by atoms with Crippen LogP contribution in [0.4, 0.5) is 4.39 Å². The molecule has 2 amide bonds. The van der Waals surface area contributed by atoms with Gasteiger partial charge in [0.1, 0.15) is 18.3 Å². The van der Waals surface area contributed by atoms with Crippen LogP contribution in [0.25, 0.3) is 0 Å². The van der Waals surface area contributed by atoms with Gasteiger partial charge in [0.15, 0.2) is 6.17 Å². The maximum Gasteiger partial charge on any atom is 0.238 e. The lowest BCUT2D eigenvalue weighted by atomic mass is 9.98. The number of rotatable bonds is 12. The Morgan fingerprint density at radius 1 is 1.19 bits per heavy atom. The second kappa shape index (κ2) is 13.0. The predicted molar refractivity (Wildman–Crippen MR) is 130 cm³/mol. The van der Waals surface area contributed by atoms with Crippen LogP contribution < -0.4 is 15.8 Å². The Bertz CT molecular complexity index is 1040. The average Bonchev–Trinajstić information content (AvgIpc) is 3.25. The first-order valence-corrected chi connectivity index (χ1v) is 12.2. The zero-order valence-corrected chi connectivity index (χ0v) is 20.9. The number of nitrogens with two attached hydrogens (primary N) is 1. The number of nitrogens with one attached hydrogen (secondary N) is 2. The third-order valence-electron chi connectivity index (χ3n) is 6.20. The number of amides is 2. The summed E-state index contributed by atoms with van der Waals surface area (Å²) in [5.41, 5.74) is 8.48. The van der Waals surface area contributed by atoms with Crippen molar-refractivity contribution in [3.05, 3.63) is 46.6 Å². The normalized spacial score (nSPS) is 23.7. The van der Waals surface area contributed by atoms with E-state index in [0.717, 1.165) is 16.8 Å². The number of H-pyrrole nitrogens is 1. The number of aromatic amines is 1. The van der Waals surface area contributed by atoms with Gasteiger partial charge in [0.2, 0.25) is 24.0 Å². The number of hydrogen-bond donors (Lipinski definition) is 6. The minimum atomic E-state index is -1.95. The molecule has 5 unspecified atom stereocenters. The SMILES string of the molecule is CC(C)c1[nH]nc(OC2OC(CO)C(F)C(O)C2O)c1Cc1ccc(CCC(=O)NCCC(N)=O)cc1. The van der Waals surface area contributed by atoms with Crippen LogP contribution in [0.1, 0.15) is 55.0 Å². The second-order valence-electron chi connectivity index (χ2n) is 9.40. The summed E-state index contributed by atoms with van der Waals surface area (Å²) in [6.07, 6.45) is -6.83. The topological polar surface area (TPSA) is 180 Å². The molecule has 204 valence electrons. The summed E-state index contributed by atoms with van der Waals surface area (Å²) in [5, 5.41) is 39.4. The number of aliphatic hydroxyl groups excluding tert-OH is 3. The van der Waals surface area contributed by atoms with Crippen molar-refractivity contribution >= 4 is 11.8 Å². The van der Waals surface area contributed by atoms with Gasteiger partial charge < -0.3 is 35.8 Å². The number of halogens is 1. The minimum absolute atomic E-state index is 0.0652. The zero-order chi connectivity index (χ0) is 27.1. The lowest BCUT2D eigenvalue weighted by molar-refractivity contribution is -0.265. The van der Waals surface area contributed by atoms with Crippen molar-refractivity contribution in [2.75, 3.05) is 13.2 Å². The van der Waals surface area contributed by atoms with Gasteiger partial charge in [-0.05, 0) is 23.5 Å². The Balaban J connectivity index is 1.67. The maximum atomic E-state index is 14.1. The summed E-state index contributed by atoms with van der Waals surface area (Å²) in [7, 11) is 0. The van der Waals surface area contributed by atoms with Crippen molar-refractivity contribution in [3.63, 3.8) is 0 Å². The number of benzene rings is 1. The van der Waals surface area contributed by atoms with Crippen molar-refractivity contribution in [2.45, 2.75) is 76.2 Å². The lowest BCUT2D eigenvalue weighted by Gasteiger charge is -2.38. The molecule has 0 saturated carbocycles. The van der Waals surface area contributed by atoms with Crippen LogP contribution in [0.3, 0.4) is 0 Å². The molecular weight excluding hydrogens is 487 g/mol. The molecule has 1 aliphatic heterocycles. The van der Waals surface area contributed by atoms with Gasteiger partial charge in [0.05, 0.1) is 6.61 Å². The van der Waals surface area contributed by atoms with E-state index in [0.29, 0.717) is 18.4 Å². The van der Waals surface area contributed by atoms with Gasteiger partial charge in [-0.15, -0.1) is 5.10 Å². The van der Waals surface area contributed by atoms with E-state index in [9.17, 15) is 29.3 Å². The summed E-state index contributed by atoms with van der Waals surface area (Å²) in [5.74, 6) is -0.418. The number of carbonyl (C=O) groups is 2. The standard InChI is InChI=1S/C25H35FN4O7/c1-13(2)21-16(24(30-29-21)37-25-23(35)22(34)20(26)17(12-31)36-25)11-15-5-3-14(4-6-15)7-8-19(33)28-10-9-18(27)32/h3-6,13,17,20,22-23,25,31,34-35H,7-12H2,1-2H3,(H2,27,32)(H,28,33)(H,29,30). The van der Waals surface area contributed by atoms with E-state index in [1.54, 1.807) is 0 Å². The fourth-order valence-corrected chi connectivity index (χ4v) is 4.05. The molecule has 1 aromatic heterocycles. The third-order valence-corrected chi connectivity index (χ3v) is 6.20. The van der Waals surface area contributed by atoms with Gasteiger partial charge in [0, 0.05) is 37.1 Å². The van der Waals surface area contributed by atoms with Gasteiger partial charge in [-0.25, -0.2) is 4.39 Å². The van der Waals surface area contributed by atoms with Crippen LogP contribution in [0.2, 0.25) is 0 Å². The first-order valence-electron chi connectivity index (χ1n) is 12.2. The van der Waals surface area contributed by atoms with E-state index in [1.165, 1.54) is 0 Å². The molecule has 0 aliphatic carbocycles. The van der Waals surface area contributed by atoms with Crippen molar-refractivity contribution < 1.29 is 38.8 Å². The highest BCUT2D eigenvalue weighted by molar-refractivity contribution is 5.78. The number of hydrogen-bond acceptors (Lipinski definition) is 8. The third kappa shape index (κ3) is 7.48.